The highest BCUT2D eigenvalue weighted by Gasteiger charge is 2.24. The van der Waals surface area contributed by atoms with Crippen molar-refractivity contribution in [3.8, 4) is 0 Å². The summed E-state index contributed by atoms with van der Waals surface area (Å²) < 4.78 is 1.86. The summed E-state index contributed by atoms with van der Waals surface area (Å²) in [4.78, 5) is 30.8. The van der Waals surface area contributed by atoms with Crippen LogP contribution in [0.15, 0.2) is 72.8 Å². The first-order valence-corrected chi connectivity index (χ1v) is 13.2. The van der Waals surface area contributed by atoms with Crippen LogP contribution in [0.1, 0.15) is 28.6 Å². The van der Waals surface area contributed by atoms with Gasteiger partial charge in [-0.15, -0.1) is 0 Å². The van der Waals surface area contributed by atoms with E-state index in [9.17, 15) is 9.59 Å². The van der Waals surface area contributed by atoms with Crippen LogP contribution < -0.4 is 10.6 Å². The molecule has 0 aliphatic rings. The molecule has 1 aromatic heterocycles. The van der Waals surface area contributed by atoms with Gasteiger partial charge in [0.05, 0.1) is 27.1 Å². The van der Waals surface area contributed by atoms with Crippen molar-refractivity contribution in [2.75, 3.05) is 17.3 Å². The lowest BCUT2D eigenvalue weighted by Crippen LogP contribution is -2.32. The molecule has 0 saturated carbocycles. The second kappa shape index (κ2) is 11.6. The maximum Gasteiger partial charge on any atom is 0.251 e. The summed E-state index contributed by atoms with van der Waals surface area (Å²) in [6, 6.07) is 21.3. The van der Waals surface area contributed by atoms with Crippen LogP contribution in [0.3, 0.4) is 0 Å². The molecule has 0 radical (unpaired) electrons. The van der Waals surface area contributed by atoms with Gasteiger partial charge in [0.25, 0.3) is 5.91 Å². The Hall–Kier alpha value is -3.00. The Morgan fingerprint density at radius 2 is 1.74 bits per heavy atom. The van der Waals surface area contributed by atoms with Crippen molar-refractivity contribution in [1.29, 1.82) is 0 Å². The Morgan fingerprint density at radius 1 is 1.00 bits per heavy atom. The molecule has 4 rings (SSSR count). The van der Waals surface area contributed by atoms with E-state index in [0.29, 0.717) is 33.5 Å². The Bertz CT molecular complexity index is 1340. The highest BCUT2D eigenvalue weighted by Crippen LogP contribution is 2.27. The largest absolute Gasteiger partial charge is 0.342 e. The van der Waals surface area contributed by atoms with Gasteiger partial charge in [-0.1, -0.05) is 53.5 Å². The molecular weight excluding hydrogens is 503 g/mol. The zero-order chi connectivity index (χ0) is 24.8. The smallest absolute Gasteiger partial charge is 0.251 e. The molecule has 2 amide bonds. The summed E-state index contributed by atoms with van der Waals surface area (Å²) in [6.45, 7) is 0.0209. The zero-order valence-corrected chi connectivity index (χ0v) is 21.3. The van der Waals surface area contributed by atoms with Gasteiger partial charge in [-0.2, -0.15) is 11.8 Å². The fraction of sp³-hybridized carbons (Fsp3) is 0.192. The number of benzene rings is 3. The molecule has 180 valence electrons. The van der Waals surface area contributed by atoms with Gasteiger partial charge in [0, 0.05) is 11.3 Å². The molecule has 1 atom stereocenters. The first-order valence-electron chi connectivity index (χ1n) is 11.0. The second-order valence-electron chi connectivity index (χ2n) is 7.90. The van der Waals surface area contributed by atoms with Gasteiger partial charge in [0.2, 0.25) is 5.91 Å². The summed E-state index contributed by atoms with van der Waals surface area (Å²) in [6.07, 6.45) is 2.68. The number of hydrogen-bond donors (Lipinski definition) is 2. The third kappa shape index (κ3) is 6.17. The van der Waals surface area contributed by atoms with E-state index in [1.54, 1.807) is 42.1 Å². The van der Waals surface area contributed by atoms with E-state index in [0.717, 1.165) is 16.8 Å². The Kier molecular flexibility index (Phi) is 8.33. The van der Waals surface area contributed by atoms with E-state index < -0.39 is 0 Å². The number of hydrogen-bond acceptors (Lipinski definition) is 4. The summed E-state index contributed by atoms with van der Waals surface area (Å²) >= 11 is 13.8. The number of carbonyl (C=O) groups excluding carboxylic acids is 2. The number of halogens is 2. The van der Waals surface area contributed by atoms with Crippen LogP contribution in [-0.4, -0.2) is 33.4 Å². The van der Waals surface area contributed by atoms with Gasteiger partial charge in [0.1, 0.15) is 12.4 Å². The van der Waals surface area contributed by atoms with Crippen LogP contribution in [0.25, 0.3) is 11.0 Å². The number of thioether (sulfide) groups is 1. The number of carbonyl (C=O) groups is 2. The van der Waals surface area contributed by atoms with Crippen molar-refractivity contribution >= 4 is 63.5 Å². The number of nitrogens with one attached hydrogen (secondary N) is 2. The number of aromatic nitrogens is 2. The molecule has 9 heteroatoms. The molecule has 35 heavy (non-hydrogen) atoms. The van der Waals surface area contributed by atoms with Gasteiger partial charge in [0.15, 0.2) is 0 Å². The fourth-order valence-electron chi connectivity index (χ4n) is 3.78. The van der Waals surface area contributed by atoms with Gasteiger partial charge in [-0.05, 0) is 60.9 Å². The van der Waals surface area contributed by atoms with Gasteiger partial charge < -0.3 is 15.2 Å². The zero-order valence-electron chi connectivity index (χ0n) is 19.0. The minimum absolute atomic E-state index is 0.0209. The van der Waals surface area contributed by atoms with E-state index in [-0.39, 0.29) is 24.4 Å². The fourth-order valence-corrected chi connectivity index (χ4v) is 4.55. The first kappa shape index (κ1) is 25.1. The quantitative estimate of drug-likeness (QED) is 0.272. The molecule has 0 aliphatic carbocycles. The SMILES string of the molecule is CSCCC(NC(=O)c1ccccc1)c1nc2ccccc2n1CC(=O)Nc1ccc(Cl)c(Cl)c1. The van der Waals surface area contributed by atoms with Crippen molar-refractivity contribution in [2.45, 2.75) is 19.0 Å². The third-order valence-corrected chi connectivity index (χ3v) is 6.84. The highest BCUT2D eigenvalue weighted by molar-refractivity contribution is 7.98. The van der Waals surface area contributed by atoms with E-state index in [1.807, 2.05) is 53.3 Å². The van der Waals surface area contributed by atoms with Crippen LogP contribution in [0.5, 0.6) is 0 Å². The van der Waals surface area contributed by atoms with Crippen molar-refractivity contribution in [2.24, 2.45) is 0 Å². The predicted octanol–water partition coefficient (Wildman–Crippen LogP) is 6.21. The van der Waals surface area contributed by atoms with Crippen molar-refractivity contribution in [3.63, 3.8) is 0 Å². The molecule has 1 unspecified atom stereocenters. The van der Waals surface area contributed by atoms with E-state index in [4.69, 9.17) is 28.2 Å². The molecule has 2 N–H and O–H groups in total. The minimum Gasteiger partial charge on any atom is -0.342 e. The Morgan fingerprint density at radius 3 is 2.49 bits per heavy atom. The average Bonchev–Trinajstić information content (AvgIpc) is 3.22. The minimum atomic E-state index is -0.375. The lowest BCUT2D eigenvalue weighted by Gasteiger charge is -2.20. The molecule has 0 saturated heterocycles. The second-order valence-corrected chi connectivity index (χ2v) is 9.70. The average molecular weight is 527 g/mol. The third-order valence-electron chi connectivity index (χ3n) is 5.45. The van der Waals surface area contributed by atoms with Gasteiger partial charge >= 0.3 is 0 Å². The normalized spacial score (nSPS) is 11.9. The number of nitrogens with zero attached hydrogens (tertiary/aromatic N) is 2. The van der Waals surface area contributed by atoms with Crippen LogP contribution >= 0.6 is 35.0 Å². The molecule has 1 heterocycles. The Balaban J connectivity index is 1.65. The van der Waals surface area contributed by atoms with Crippen molar-refractivity contribution < 1.29 is 9.59 Å². The summed E-state index contributed by atoms with van der Waals surface area (Å²) in [5, 5.41) is 6.77. The van der Waals surface area contributed by atoms with Crippen LogP contribution in [0.4, 0.5) is 5.69 Å². The number of anilines is 1. The van der Waals surface area contributed by atoms with E-state index in [1.165, 1.54) is 0 Å². The van der Waals surface area contributed by atoms with Gasteiger partial charge in [-0.3, -0.25) is 9.59 Å². The van der Waals surface area contributed by atoms with Crippen LogP contribution in [-0.2, 0) is 11.3 Å². The van der Waals surface area contributed by atoms with E-state index in [2.05, 4.69) is 10.6 Å². The number of para-hydroxylation sites is 2. The lowest BCUT2D eigenvalue weighted by molar-refractivity contribution is -0.116. The molecule has 0 spiro atoms. The molecule has 0 aliphatic heterocycles. The maximum absolute atomic E-state index is 13.0. The predicted molar refractivity (Wildman–Crippen MR) is 144 cm³/mol. The molecule has 6 nitrogen and oxygen atoms in total. The molecule has 0 bridgehead atoms. The lowest BCUT2D eigenvalue weighted by atomic mass is 10.1. The maximum atomic E-state index is 13.0. The summed E-state index contributed by atoms with van der Waals surface area (Å²) in [5.41, 5.74) is 2.69. The van der Waals surface area contributed by atoms with Gasteiger partial charge in [-0.25, -0.2) is 4.98 Å². The topological polar surface area (TPSA) is 76.0 Å². The van der Waals surface area contributed by atoms with E-state index >= 15 is 0 Å². The monoisotopic (exact) mass is 526 g/mol. The molecule has 4 aromatic rings. The molecular formula is C26H24Cl2N4O2S. The summed E-state index contributed by atoms with van der Waals surface area (Å²) in [7, 11) is 0. The number of amides is 2. The standard InChI is InChI=1S/C26H24Cl2N4O2S/c1-35-14-13-22(31-26(34)17-7-3-2-4-8-17)25-30-21-9-5-6-10-23(21)32(25)16-24(33)29-18-11-12-19(27)20(28)15-18/h2-12,15,22H,13-14,16H2,1H3,(H,29,33)(H,31,34). The number of rotatable bonds is 9. The summed E-state index contributed by atoms with van der Waals surface area (Å²) in [5.74, 6) is 1.02. The number of fused-ring (bicyclic) bond motifs is 1. The first-order chi connectivity index (χ1) is 17.0. The van der Waals surface area contributed by atoms with Crippen LogP contribution in [0, 0.1) is 0 Å². The Labute approximate surface area is 218 Å². The number of imidazole rings is 1. The van der Waals surface area contributed by atoms with Crippen LogP contribution in [0.2, 0.25) is 10.0 Å². The highest BCUT2D eigenvalue weighted by atomic mass is 35.5. The van der Waals surface area contributed by atoms with Crippen molar-refractivity contribution in [3.05, 3.63) is 94.2 Å². The van der Waals surface area contributed by atoms with Crippen molar-refractivity contribution in [1.82, 2.24) is 14.9 Å². The molecule has 0 fully saturated rings. The molecule has 3 aromatic carbocycles.